The molecule has 2 atom stereocenters. The van der Waals surface area contributed by atoms with Crippen LogP contribution in [-0.4, -0.2) is 16.9 Å². The maximum Gasteiger partial charge on any atom is 0.417 e. The molecule has 3 nitrogen and oxygen atoms in total. The zero-order valence-electron chi connectivity index (χ0n) is 11.9. The van der Waals surface area contributed by atoms with Crippen molar-refractivity contribution in [2.45, 2.75) is 38.3 Å². The molecule has 1 N–H and O–H groups in total. The van der Waals surface area contributed by atoms with E-state index < -0.39 is 29.4 Å². The van der Waals surface area contributed by atoms with E-state index in [9.17, 15) is 22.8 Å². The minimum Gasteiger partial charge on any atom is -0.481 e. The quantitative estimate of drug-likeness (QED) is 0.849. The van der Waals surface area contributed by atoms with Crippen LogP contribution in [0.4, 0.5) is 13.2 Å². The van der Waals surface area contributed by atoms with Gasteiger partial charge in [0.1, 0.15) is 0 Å². The van der Waals surface area contributed by atoms with Crippen LogP contribution in [0.1, 0.15) is 48.0 Å². The Hall–Kier alpha value is -1.85. The van der Waals surface area contributed by atoms with E-state index in [0.29, 0.717) is 25.7 Å². The Kier molecular flexibility index (Phi) is 4.88. The van der Waals surface area contributed by atoms with Crippen LogP contribution in [0.25, 0.3) is 0 Å². The summed E-state index contributed by atoms with van der Waals surface area (Å²) in [5.74, 6) is -2.12. The van der Waals surface area contributed by atoms with Crippen LogP contribution in [0.15, 0.2) is 24.3 Å². The fourth-order valence-electron chi connectivity index (χ4n) is 3.05. The Bertz CT molecular complexity index is 566. The number of hydrogen-bond donors (Lipinski definition) is 1. The van der Waals surface area contributed by atoms with Gasteiger partial charge in [-0.1, -0.05) is 24.6 Å². The molecule has 22 heavy (non-hydrogen) atoms. The SMILES string of the molecule is O=C(C[C@@H]1CCC[C@H](C(=O)O)C1)c1ccccc1C(F)(F)F. The summed E-state index contributed by atoms with van der Waals surface area (Å²) in [5.41, 5.74) is -1.25. The van der Waals surface area contributed by atoms with Gasteiger partial charge in [-0.25, -0.2) is 0 Å². The van der Waals surface area contributed by atoms with E-state index in [2.05, 4.69) is 0 Å². The zero-order valence-corrected chi connectivity index (χ0v) is 11.9. The molecule has 0 amide bonds. The summed E-state index contributed by atoms with van der Waals surface area (Å²) in [4.78, 5) is 23.2. The smallest absolute Gasteiger partial charge is 0.417 e. The molecule has 0 spiro atoms. The van der Waals surface area contributed by atoms with E-state index >= 15 is 0 Å². The van der Waals surface area contributed by atoms with Crippen LogP contribution in [0.3, 0.4) is 0 Å². The molecule has 6 heteroatoms. The Labute approximate surface area is 126 Å². The molecule has 0 aliphatic heterocycles. The molecule has 2 rings (SSSR count). The van der Waals surface area contributed by atoms with Crippen LogP contribution in [0.2, 0.25) is 0 Å². The van der Waals surface area contributed by atoms with Crippen molar-refractivity contribution in [2.24, 2.45) is 11.8 Å². The third-order valence-electron chi connectivity index (χ3n) is 4.14. The highest BCUT2D eigenvalue weighted by molar-refractivity contribution is 5.97. The van der Waals surface area contributed by atoms with Gasteiger partial charge >= 0.3 is 12.1 Å². The van der Waals surface area contributed by atoms with Crippen molar-refractivity contribution in [3.63, 3.8) is 0 Å². The first-order chi connectivity index (χ1) is 10.3. The number of carboxylic acid groups (broad SMARTS) is 1. The lowest BCUT2D eigenvalue weighted by atomic mass is 9.78. The minimum atomic E-state index is -4.57. The summed E-state index contributed by atoms with van der Waals surface area (Å²) >= 11 is 0. The van der Waals surface area contributed by atoms with Crippen molar-refractivity contribution in [2.75, 3.05) is 0 Å². The van der Waals surface area contributed by atoms with E-state index in [-0.39, 0.29) is 17.9 Å². The molecule has 120 valence electrons. The Morgan fingerprint density at radius 1 is 1.18 bits per heavy atom. The lowest BCUT2D eigenvalue weighted by Gasteiger charge is -2.26. The third-order valence-corrected chi connectivity index (χ3v) is 4.14. The number of carbonyl (C=O) groups is 2. The standard InChI is InChI=1S/C16H17F3O3/c17-16(18,19)13-7-2-1-6-12(13)14(20)9-10-4-3-5-11(8-10)15(21)22/h1-2,6-7,10-11H,3-5,8-9H2,(H,21,22)/t10-,11+/m1/s1. The van der Waals surface area contributed by atoms with Crippen LogP contribution < -0.4 is 0 Å². The number of hydrogen-bond acceptors (Lipinski definition) is 2. The number of benzene rings is 1. The second-order valence-electron chi connectivity index (χ2n) is 5.74. The fourth-order valence-corrected chi connectivity index (χ4v) is 3.05. The van der Waals surface area contributed by atoms with Gasteiger partial charge in [0.2, 0.25) is 0 Å². The number of carboxylic acids is 1. The number of Topliss-reactive ketones (excluding diaryl/α,β-unsaturated/α-hetero) is 1. The van der Waals surface area contributed by atoms with E-state index in [1.807, 2.05) is 0 Å². The van der Waals surface area contributed by atoms with Gasteiger partial charge in [-0.3, -0.25) is 9.59 Å². The predicted molar refractivity (Wildman–Crippen MR) is 73.5 cm³/mol. The number of rotatable bonds is 4. The molecule has 1 aromatic rings. The average molecular weight is 314 g/mol. The monoisotopic (exact) mass is 314 g/mol. The number of halogens is 3. The summed E-state index contributed by atoms with van der Waals surface area (Å²) in [5, 5.41) is 9.02. The van der Waals surface area contributed by atoms with Crippen molar-refractivity contribution in [1.29, 1.82) is 0 Å². The third kappa shape index (κ3) is 3.87. The zero-order chi connectivity index (χ0) is 16.3. The molecule has 0 unspecified atom stereocenters. The highest BCUT2D eigenvalue weighted by Crippen LogP contribution is 2.35. The van der Waals surface area contributed by atoms with E-state index in [1.54, 1.807) is 0 Å². The van der Waals surface area contributed by atoms with Crippen LogP contribution >= 0.6 is 0 Å². The van der Waals surface area contributed by atoms with Crippen molar-refractivity contribution in [3.05, 3.63) is 35.4 Å². The largest absolute Gasteiger partial charge is 0.481 e. The first-order valence-electron chi connectivity index (χ1n) is 7.21. The summed E-state index contributed by atoms with van der Waals surface area (Å²) in [6.07, 6.45) is -2.30. The van der Waals surface area contributed by atoms with Crippen LogP contribution in [0, 0.1) is 11.8 Å². The first kappa shape index (κ1) is 16.5. The number of aliphatic carboxylic acids is 1. The summed E-state index contributed by atoms with van der Waals surface area (Å²) in [6, 6.07) is 4.74. The molecule has 0 radical (unpaired) electrons. The highest BCUT2D eigenvalue weighted by atomic mass is 19.4. The lowest BCUT2D eigenvalue weighted by Crippen LogP contribution is -2.24. The number of carbonyl (C=O) groups excluding carboxylic acids is 1. The van der Waals surface area contributed by atoms with E-state index in [4.69, 9.17) is 5.11 Å². The molecule has 0 bridgehead atoms. The summed E-state index contributed by atoms with van der Waals surface area (Å²) < 4.78 is 38.8. The Morgan fingerprint density at radius 2 is 1.86 bits per heavy atom. The molecule has 0 saturated heterocycles. The second kappa shape index (κ2) is 6.50. The van der Waals surface area contributed by atoms with Crippen molar-refractivity contribution < 1.29 is 27.9 Å². The maximum atomic E-state index is 12.9. The van der Waals surface area contributed by atoms with Crippen molar-refractivity contribution >= 4 is 11.8 Å². The molecule has 1 fully saturated rings. The van der Waals surface area contributed by atoms with Crippen molar-refractivity contribution in [3.8, 4) is 0 Å². The van der Waals surface area contributed by atoms with Gasteiger partial charge in [0.15, 0.2) is 5.78 Å². The Morgan fingerprint density at radius 3 is 2.50 bits per heavy atom. The van der Waals surface area contributed by atoms with Crippen molar-refractivity contribution in [1.82, 2.24) is 0 Å². The second-order valence-corrected chi connectivity index (χ2v) is 5.74. The van der Waals surface area contributed by atoms with E-state index in [1.165, 1.54) is 18.2 Å². The molecular weight excluding hydrogens is 297 g/mol. The lowest BCUT2D eigenvalue weighted by molar-refractivity contribution is -0.143. The maximum absolute atomic E-state index is 12.9. The molecular formula is C16H17F3O3. The highest BCUT2D eigenvalue weighted by Gasteiger charge is 2.35. The van der Waals surface area contributed by atoms with Gasteiger partial charge in [0.05, 0.1) is 11.5 Å². The number of ketones is 1. The van der Waals surface area contributed by atoms with Gasteiger partial charge in [-0.05, 0) is 31.2 Å². The number of alkyl halides is 3. The normalized spacial score (nSPS) is 22.3. The van der Waals surface area contributed by atoms with Gasteiger partial charge in [-0.2, -0.15) is 13.2 Å². The predicted octanol–water partition coefficient (Wildman–Crippen LogP) is 4.17. The molecule has 1 aromatic carbocycles. The van der Waals surface area contributed by atoms with Gasteiger partial charge in [0, 0.05) is 12.0 Å². The summed E-state index contributed by atoms with van der Waals surface area (Å²) in [7, 11) is 0. The van der Waals surface area contributed by atoms with Gasteiger partial charge in [0.25, 0.3) is 0 Å². The molecule has 1 saturated carbocycles. The summed E-state index contributed by atoms with van der Waals surface area (Å²) in [6.45, 7) is 0. The minimum absolute atomic E-state index is 0.0309. The average Bonchev–Trinajstić information content (AvgIpc) is 2.46. The molecule has 1 aliphatic rings. The molecule has 0 heterocycles. The van der Waals surface area contributed by atoms with Gasteiger partial charge in [-0.15, -0.1) is 0 Å². The fraction of sp³-hybridized carbons (Fsp3) is 0.500. The van der Waals surface area contributed by atoms with Crippen LogP contribution in [0.5, 0.6) is 0 Å². The Balaban J connectivity index is 2.11. The van der Waals surface area contributed by atoms with Gasteiger partial charge < -0.3 is 5.11 Å². The molecule has 1 aliphatic carbocycles. The van der Waals surface area contributed by atoms with Crippen LogP contribution in [-0.2, 0) is 11.0 Å². The first-order valence-corrected chi connectivity index (χ1v) is 7.21. The van der Waals surface area contributed by atoms with E-state index in [0.717, 1.165) is 6.07 Å². The topological polar surface area (TPSA) is 54.4 Å². The molecule has 0 aromatic heterocycles.